The molecule has 1 aromatic carbocycles. The van der Waals surface area contributed by atoms with Gasteiger partial charge in [-0.25, -0.2) is 4.98 Å². The van der Waals surface area contributed by atoms with Gasteiger partial charge in [-0.15, -0.1) is 34.9 Å². The predicted molar refractivity (Wildman–Crippen MR) is 150 cm³/mol. The van der Waals surface area contributed by atoms with E-state index in [0.717, 1.165) is 21.1 Å². The Bertz CT molecular complexity index is 1600. The average molecular weight is 649 g/mol. The molecule has 0 aliphatic carbocycles. The van der Waals surface area contributed by atoms with E-state index in [1.807, 2.05) is 0 Å². The largest absolute Gasteiger partial charge is 1.00 e. The standard InChI is InChI=1S/C26H22N6O7S3.Na/c27-26-28-17(13-42-26)19(30-39-15-4-2-1-3-5-15)22(35)29-20-23(36)32-21(25(37)38)14(12-41-24(20)32)11-40-16-6-8-31(9-7-16)10-18(33)34;/h1-9,13,20,24H,10-12H2,(H4-,27,28,29,33,34,35,37,38);/q;+1/p-1/b30-19+;/t20?,24-;/m1./s1. The van der Waals surface area contributed by atoms with E-state index in [1.165, 1.54) is 33.5 Å². The fourth-order valence-electron chi connectivity index (χ4n) is 4.14. The Balaban J connectivity index is 0.00000423. The Morgan fingerprint density at radius 3 is 2.53 bits per heavy atom. The molecule has 1 fully saturated rings. The van der Waals surface area contributed by atoms with Crippen molar-refractivity contribution in [1.29, 1.82) is 0 Å². The molecule has 0 spiro atoms. The molecule has 1 unspecified atom stereocenters. The summed E-state index contributed by atoms with van der Waals surface area (Å²) in [6, 6.07) is 10.9. The van der Waals surface area contributed by atoms with Gasteiger partial charge in [0.25, 0.3) is 11.8 Å². The summed E-state index contributed by atoms with van der Waals surface area (Å²) >= 11 is 3.74. The first-order valence-corrected chi connectivity index (χ1v) is 15.1. The SMILES string of the molecule is Nc1nc(/C(=N\Oc2ccccc2)C(=O)NC2C(=O)N3C(C(=O)[O-])=C(CSc4cc[n+](CC(=O)[O-])cc4)CS[C@H]23)cs1.[Na+]. The van der Waals surface area contributed by atoms with Crippen LogP contribution in [-0.2, 0) is 25.7 Å². The first kappa shape index (κ1) is 32.5. The molecule has 3 N–H and O–H groups in total. The minimum absolute atomic E-state index is 0. The summed E-state index contributed by atoms with van der Waals surface area (Å²) in [7, 11) is 0. The number of aromatic nitrogens is 2. The molecule has 13 nitrogen and oxygen atoms in total. The van der Waals surface area contributed by atoms with E-state index in [1.54, 1.807) is 54.9 Å². The number of pyridine rings is 1. The van der Waals surface area contributed by atoms with Crippen LogP contribution in [0.25, 0.3) is 0 Å². The normalized spacial score (nSPS) is 17.8. The van der Waals surface area contributed by atoms with E-state index in [-0.39, 0.29) is 69.8 Å². The molecule has 0 saturated carbocycles. The Kier molecular flexibility index (Phi) is 10.9. The number of carbonyl (C=O) groups excluding carboxylic acids is 4. The second-order valence-corrected chi connectivity index (χ2v) is 11.9. The summed E-state index contributed by atoms with van der Waals surface area (Å²) in [4.78, 5) is 60.7. The van der Waals surface area contributed by atoms with Crippen LogP contribution in [0.2, 0.25) is 0 Å². The number of benzene rings is 1. The summed E-state index contributed by atoms with van der Waals surface area (Å²) < 4.78 is 1.44. The molecule has 3 aromatic rings. The van der Waals surface area contributed by atoms with Gasteiger partial charge < -0.3 is 35.7 Å². The molecule has 0 bridgehead atoms. The molecule has 4 heterocycles. The molecule has 2 amide bonds. The number of hydrogen-bond donors (Lipinski definition) is 2. The van der Waals surface area contributed by atoms with Crippen molar-refractivity contribution in [2.45, 2.75) is 22.9 Å². The summed E-state index contributed by atoms with van der Waals surface area (Å²) in [6.07, 6.45) is 3.15. The zero-order valence-corrected chi connectivity index (χ0v) is 26.9. The maximum absolute atomic E-state index is 13.3. The van der Waals surface area contributed by atoms with E-state index in [0.29, 0.717) is 11.3 Å². The van der Waals surface area contributed by atoms with Crippen LogP contribution >= 0.6 is 34.9 Å². The third kappa shape index (κ3) is 7.57. The van der Waals surface area contributed by atoms with E-state index in [9.17, 15) is 29.4 Å². The number of nitrogens with two attached hydrogens (primary N) is 1. The fraction of sp³-hybridized carbons (Fsp3) is 0.192. The maximum atomic E-state index is 13.3. The number of thioether (sulfide) groups is 2. The van der Waals surface area contributed by atoms with Gasteiger partial charge in [-0.05, 0) is 17.7 Å². The molecule has 2 aromatic heterocycles. The number of hydrogen-bond acceptors (Lipinski definition) is 13. The molecule has 216 valence electrons. The van der Waals surface area contributed by atoms with Gasteiger partial charge in [0, 0.05) is 33.9 Å². The molecular formula is C26H21N6NaO7S3. The Labute approximate surface area is 279 Å². The Hall–Kier alpha value is -3.41. The van der Waals surface area contributed by atoms with Crippen molar-refractivity contribution in [3.63, 3.8) is 0 Å². The third-order valence-corrected chi connectivity index (χ3v) is 9.19. The monoisotopic (exact) mass is 648 g/mol. The molecule has 5 rings (SSSR count). The number of nitrogen functional groups attached to an aromatic ring is 1. The second kappa shape index (κ2) is 14.4. The first-order chi connectivity index (χ1) is 20.2. The van der Waals surface area contributed by atoms with Crippen molar-refractivity contribution >= 4 is 69.5 Å². The maximum Gasteiger partial charge on any atom is 1.00 e. The number of carboxylic acids is 2. The number of thiazole rings is 1. The molecule has 2 atom stereocenters. The quantitative estimate of drug-likeness (QED) is 0.0511. The number of carbonyl (C=O) groups is 4. The molecule has 17 heteroatoms. The van der Waals surface area contributed by atoms with Crippen LogP contribution < -0.4 is 60.2 Å². The first-order valence-electron chi connectivity index (χ1n) is 12.2. The minimum atomic E-state index is -1.50. The number of β-lactam (4-membered cyclic amide) rings is 1. The minimum Gasteiger partial charge on any atom is -0.544 e. The van der Waals surface area contributed by atoms with Crippen LogP contribution in [0.1, 0.15) is 5.69 Å². The van der Waals surface area contributed by atoms with Crippen molar-refractivity contribution in [1.82, 2.24) is 15.2 Å². The molecule has 1 saturated heterocycles. The number of amides is 2. The third-order valence-electron chi connectivity index (χ3n) is 6.08. The van der Waals surface area contributed by atoms with Gasteiger partial charge in [-0.2, -0.15) is 4.57 Å². The predicted octanol–water partition coefficient (Wildman–Crippen LogP) is -4.25. The summed E-state index contributed by atoms with van der Waals surface area (Å²) in [6.45, 7) is -0.289. The fourth-order valence-corrected chi connectivity index (χ4v) is 7.05. The van der Waals surface area contributed by atoms with Crippen molar-refractivity contribution < 1.29 is 68.4 Å². The van der Waals surface area contributed by atoms with E-state index in [2.05, 4.69) is 15.5 Å². The van der Waals surface area contributed by atoms with Crippen molar-refractivity contribution in [2.24, 2.45) is 5.16 Å². The molecule has 2 aliphatic rings. The topological polar surface area (TPSA) is 194 Å². The smallest absolute Gasteiger partial charge is 0.544 e. The van der Waals surface area contributed by atoms with Crippen LogP contribution in [-0.4, -0.2) is 62.3 Å². The number of oxime groups is 1. The van der Waals surface area contributed by atoms with E-state index < -0.39 is 35.2 Å². The van der Waals surface area contributed by atoms with Crippen LogP contribution in [0.3, 0.4) is 0 Å². The van der Waals surface area contributed by atoms with Crippen molar-refractivity contribution in [2.75, 3.05) is 17.2 Å². The van der Waals surface area contributed by atoms with Gasteiger partial charge in [-0.3, -0.25) is 14.5 Å². The number of anilines is 1. The molecule has 2 aliphatic heterocycles. The Morgan fingerprint density at radius 2 is 1.91 bits per heavy atom. The zero-order valence-electron chi connectivity index (χ0n) is 22.5. The zero-order chi connectivity index (χ0) is 29.8. The van der Waals surface area contributed by atoms with Gasteiger partial charge in [0.2, 0.25) is 0 Å². The molecular weight excluding hydrogens is 628 g/mol. The van der Waals surface area contributed by atoms with Crippen LogP contribution in [0.5, 0.6) is 5.75 Å². The van der Waals surface area contributed by atoms with Gasteiger partial charge in [-0.1, -0.05) is 23.4 Å². The second-order valence-electron chi connectivity index (χ2n) is 8.88. The Morgan fingerprint density at radius 1 is 1.19 bits per heavy atom. The molecule has 0 radical (unpaired) electrons. The van der Waals surface area contributed by atoms with E-state index >= 15 is 0 Å². The van der Waals surface area contributed by atoms with Crippen LogP contribution in [0.4, 0.5) is 5.13 Å². The summed E-state index contributed by atoms with van der Waals surface area (Å²) in [5, 5.41) is 30.5. The van der Waals surface area contributed by atoms with Crippen molar-refractivity contribution in [3.05, 3.63) is 77.2 Å². The van der Waals surface area contributed by atoms with Gasteiger partial charge in [0.15, 0.2) is 35.5 Å². The number of carboxylic acid groups (broad SMARTS) is 2. The van der Waals surface area contributed by atoms with Crippen molar-refractivity contribution in [3.8, 4) is 5.75 Å². The van der Waals surface area contributed by atoms with Crippen LogP contribution in [0.15, 0.2) is 81.6 Å². The number of nitrogens with zero attached hydrogens (tertiary/aromatic N) is 4. The van der Waals surface area contributed by atoms with Crippen LogP contribution in [0, 0.1) is 0 Å². The van der Waals surface area contributed by atoms with Gasteiger partial charge in [0.1, 0.15) is 23.1 Å². The van der Waals surface area contributed by atoms with Gasteiger partial charge in [0.05, 0.1) is 11.7 Å². The average Bonchev–Trinajstić information content (AvgIpc) is 3.40. The van der Waals surface area contributed by atoms with Gasteiger partial charge >= 0.3 is 29.6 Å². The number of aliphatic carboxylic acids is 2. The number of rotatable bonds is 11. The summed E-state index contributed by atoms with van der Waals surface area (Å²) in [5.41, 5.74) is 5.96. The number of nitrogens with one attached hydrogen (secondary N) is 1. The summed E-state index contributed by atoms with van der Waals surface area (Å²) in [5.74, 6) is -3.14. The number of fused-ring (bicyclic) bond motifs is 1. The number of para-hydroxylation sites is 1. The molecule has 43 heavy (non-hydrogen) atoms. The van der Waals surface area contributed by atoms with E-state index in [4.69, 9.17) is 10.6 Å².